The first-order valence-corrected chi connectivity index (χ1v) is 29.5. The molecule has 1 amide bonds. The molecular formula is C69H76N6O11. The van der Waals surface area contributed by atoms with Crippen molar-refractivity contribution < 1.29 is 52.8 Å². The number of anilines is 3. The summed E-state index contributed by atoms with van der Waals surface area (Å²) in [5, 5.41) is 11.9. The SMILES string of the molecule is C1CCOC1.CCOC(=O)c1cnc(C(=O)Cc2cccc(-c3cccc(NC(=O)c4cc(C5CC5)c(C(=O)OCC)cn4)c3C)c2C)cc1C1CC1.CCOC(=O)c1cnc(C(=O)O)cc1C1CC1.Cc1c(N)cccc1-c1cccc(N)c1C. The molecular weight excluding hydrogens is 1090 g/mol. The monoisotopic (exact) mass is 1160 g/mol. The number of benzene rings is 4. The molecule has 86 heavy (non-hydrogen) atoms. The Kier molecular flexibility index (Phi) is 21.3. The molecule has 4 aliphatic rings. The molecule has 7 aromatic rings. The highest BCUT2D eigenvalue weighted by Crippen LogP contribution is 2.44. The van der Waals surface area contributed by atoms with Gasteiger partial charge in [-0.3, -0.25) is 19.6 Å². The zero-order valence-corrected chi connectivity index (χ0v) is 50.0. The van der Waals surface area contributed by atoms with Gasteiger partial charge in [0.1, 0.15) is 17.1 Å². The molecule has 3 saturated carbocycles. The number of rotatable bonds is 17. The summed E-state index contributed by atoms with van der Waals surface area (Å²) in [5.74, 6) is -2.09. The zero-order chi connectivity index (χ0) is 61.6. The van der Waals surface area contributed by atoms with Crippen LogP contribution in [0.2, 0.25) is 0 Å². The number of pyridine rings is 3. The summed E-state index contributed by atoms with van der Waals surface area (Å²) in [7, 11) is 0. The standard InChI is InChI=1S/C39H39N3O6.C14H16N2.C12H13NO4.C4H8O/c1-5-47-38(45)31-20-40-34(18-29(31)24-13-14-24)36(43)17-26-9-7-10-27(22(26)3)28-11-8-12-33(23(28)4)42-37(44)35-19-30(25-15-16-25)32(21-41-35)39(46)48-6-2;1-9-11(5-3-7-13(9)15)12-6-4-8-14(16)10(12)2;1-2-17-12(16)9-6-13-10(11(14)15)5-8(9)7-3-4-7;1-2-4-5-3-1/h7-12,18-21,24-25H,5-6,13-17H2,1-4H3,(H,42,44);3-8H,15-16H2,1-2H3;5-7H,2-4H2,1H3,(H,14,15);1-4H2. The van der Waals surface area contributed by atoms with E-state index in [1.807, 2.05) is 88.4 Å². The highest BCUT2D eigenvalue weighted by molar-refractivity contribution is 6.05. The molecule has 17 nitrogen and oxygen atoms in total. The van der Waals surface area contributed by atoms with Crippen molar-refractivity contribution in [2.75, 3.05) is 49.8 Å². The Morgan fingerprint density at radius 2 is 0.907 bits per heavy atom. The van der Waals surface area contributed by atoms with E-state index in [1.165, 1.54) is 37.5 Å². The number of ether oxygens (including phenoxy) is 4. The van der Waals surface area contributed by atoms with E-state index >= 15 is 0 Å². The van der Waals surface area contributed by atoms with E-state index in [-0.39, 0.29) is 60.5 Å². The lowest BCUT2D eigenvalue weighted by atomic mass is 9.90. The molecule has 3 aliphatic carbocycles. The third-order valence-corrected chi connectivity index (χ3v) is 15.6. The summed E-state index contributed by atoms with van der Waals surface area (Å²) in [5.41, 5.74) is 27.4. The van der Waals surface area contributed by atoms with Crippen LogP contribution in [0.25, 0.3) is 22.3 Å². The molecule has 0 unspecified atom stereocenters. The van der Waals surface area contributed by atoms with E-state index in [0.29, 0.717) is 34.7 Å². The fraction of sp³-hybridized carbons (Fsp3) is 0.348. The molecule has 0 bridgehead atoms. The Bertz CT molecular complexity index is 3460. The van der Waals surface area contributed by atoms with Crippen LogP contribution >= 0.6 is 0 Å². The van der Waals surface area contributed by atoms with E-state index < -0.39 is 23.9 Å². The Hall–Kier alpha value is -9.09. The van der Waals surface area contributed by atoms with Gasteiger partial charge < -0.3 is 40.8 Å². The van der Waals surface area contributed by atoms with Crippen LogP contribution in [0.15, 0.2) is 110 Å². The number of Topliss-reactive ketones (excluding diaryl/α,β-unsaturated/α-hetero) is 1. The van der Waals surface area contributed by atoms with Gasteiger partial charge in [0.15, 0.2) is 5.78 Å². The second kappa shape index (κ2) is 29.1. The largest absolute Gasteiger partial charge is 0.477 e. The minimum absolute atomic E-state index is 0.0278. The predicted molar refractivity (Wildman–Crippen MR) is 331 cm³/mol. The molecule has 3 aromatic heterocycles. The molecule has 0 radical (unpaired) electrons. The number of aromatic carboxylic acids is 1. The number of esters is 3. The van der Waals surface area contributed by atoms with E-state index in [1.54, 1.807) is 32.9 Å². The van der Waals surface area contributed by atoms with Gasteiger partial charge in [-0.1, -0.05) is 54.6 Å². The first-order valence-electron chi connectivity index (χ1n) is 29.5. The third kappa shape index (κ3) is 15.8. The van der Waals surface area contributed by atoms with Crippen LogP contribution in [0.5, 0.6) is 0 Å². The summed E-state index contributed by atoms with van der Waals surface area (Å²) < 4.78 is 20.3. The van der Waals surface area contributed by atoms with Crippen molar-refractivity contribution in [3.05, 3.63) is 188 Å². The molecule has 0 atom stereocenters. The molecule has 448 valence electrons. The van der Waals surface area contributed by atoms with Gasteiger partial charge in [-0.25, -0.2) is 24.2 Å². The second-order valence-electron chi connectivity index (χ2n) is 21.7. The van der Waals surface area contributed by atoms with Crippen LogP contribution in [0.3, 0.4) is 0 Å². The van der Waals surface area contributed by atoms with Crippen molar-refractivity contribution in [1.29, 1.82) is 0 Å². The van der Waals surface area contributed by atoms with Crippen LogP contribution < -0.4 is 16.8 Å². The molecule has 1 aliphatic heterocycles. The number of hydrogen-bond acceptors (Lipinski definition) is 15. The van der Waals surface area contributed by atoms with Crippen LogP contribution in [-0.4, -0.2) is 88.7 Å². The van der Waals surface area contributed by atoms with Crippen LogP contribution in [0, 0.1) is 27.7 Å². The zero-order valence-electron chi connectivity index (χ0n) is 50.0. The number of nitrogens with one attached hydrogen (secondary N) is 1. The number of aromatic nitrogens is 3. The molecule has 4 aromatic carbocycles. The molecule has 11 rings (SSSR count). The topological polar surface area (TPSA) is 262 Å². The maximum absolute atomic E-state index is 13.5. The summed E-state index contributed by atoms with van der Waals surface area (Å²) in [6, 6.07) is 28.5. The van der Waals surface area contributed by atoms with Gasteiger partial charge in [-0.05, 0) is 221 Å². The summed E-state index contributed by atoms with van der Waals surface area (Å²) in [6.07, 6.45) is 12.8. The smallest absolute Gasteiger partial charge is 0.354 e. The van der Waals surface area contributed by atoms with E-state index in [9.17, 15) is 28.8 Å². The van der Waals surface area contributed by atoms with E-state index in [4.69, 9.17) is 35.5 Å². The first-order chi connectivity index (χ1) is 41.4. The molecule has 4 heterocycles. The van der Waals surface area contributed by atoms with Gasteiger partial charge in [-0.15, -0.1) is 0 Å². The number of carbonyl (C=O) groups excluding carboxylic acids is 5. The van der Waals surface area contributed by atoms with Crippen LogP contribution in [0.1, 0.15) is 197 Å². The minimum atomic E-state index is -1.08. The van der Waals surface area contributed by atoms with Gasteiger partial charge in [0.25, 0.3) is 5.91 Å². The average molecular weight is 1170 g/mol. The molecule has 6 N–H and O–H groups in total. The predicted octanol–water partition coefficient (Wildman–Crippen LogP) is 13.3. The minimum Gasteiger partial charge on any atom is -0.477 e. The lowest BCUT2D eigenvalue weighted by Crippen LogP contribution is -2.17. The van der Waals surface area contributed by atoms with E-state index in [0.717, 1.165) is 130 Å². The van der Waals surface area contributed by atoms with Crippen molar-refractivity contribution in [2.45, 2.75) is 124 Å². The number of nitrogen functional groups attached to an aromatic ring is 2. The highest BCUT2D eigenvalue weighted by atomic mass is 16.5. The Balaban J connectivity index is 0.000000203. The van der Waals surface area contributed by atoms with Gasteiger partial charge in [0.2, 0.25) is 0 Å². The molecule has 1 saturated heterocycles. The summed E-state index contributed by atoms with van der Waals surface area (Å²) in [6.45, 7) is 16.1. The molecule has 17 heteroatoms. The number of amides is 1. The Labute approximate surface area is 502 Å². The van der Waals surface area contributed by atoms with Gasteiger partial charge in [-0.2, -0.15) is 0 Å². The highest BCUT2D eigenvalue weighted by Gasteiger charge is 2.33. The summed E-state index contributed by atoms with van der Waals surface area (Å²) >= 11 is 0. The fourth-order valence-corrected chi connectivity index (χ4v) is 10.2. The number of nitrogens with two attached hydrogens (primary N) is 2. The lowest BCUT2D eigenvalue weighted by Gasteiger charge is -2.17. The second-order valence-corrected chi connectivity index (χ2v) is 21.7. The van der Waals surface area contributed by atoms with Gasteiger partial charge in [0.05, 0.1) is 36.5 Å². The van der Waals surface area contributed by atoms with Crippen molar-refractivity contribution in [1.82, 2.24) is 15.0 Å². The van der Waals surface area contributed by atoms with Crippen LogP contribution in [-0.2, 0) is 25.4 Å². The van der Waals surface area contributed by atoms with Crippen molar-refractivity contribution in [2.24, 2.45) is 0 Å². The maximum Gasteiger partial charge on any atom is 0.354 e. The van der Waals surface area contributed by atoms with E-state index in [2.05, 4.69) is 32.4 Å². The Morgan fingerprint density at radius 1 is 0.523 bits per heavy atom. The quantitative estimate of drug-likeness (QED) is 0.0286. The van der Waals surface area contributed by atoms with Gasteiger partial charge >= 0.3 is 23.9 Å². The Morgan fingerprint density at radius 3 is 1.33 bits per heavy atom. The molecule has 0 spiro atoms. The third-order valence-electron chi connectivity index (χ3n) is 15.6. The number of ketones is 1. The fourth-order valence-electron chi connectivity index (χ4n) is 10.2. The van der Waals surface area contributed by atoms with Gasteiger partial charge in [0, 0.05) is 55.3 Å². The lowest BCUT2D eigenvalue weighted by molar-refractivity contribution is 0.0514. The first kappa shape index (κ1) is 62.9. The normalized spacial score (nSPS) is 13.9. The van der Waals surface area contributed by atoms with Crippen molar-refractivity contribution >= 4 is 52.6 Å². The number of carboxylic acids is 1. The molecule has 4 fully saturated rings. The average Bonchev–Trinajstić information content (AvgIpc) is 2.13. The number of hydrogen-bond donors (Lipinski definition) is 4. The number of carbonyl (C=O) groups is 6. The van der Waals surface area contributed by atoms with Crippen molar-refractivity contribution in [3.63, 3.8) is 0 Å². The number of carboxylic acid groups (broad SMARTS) is 1. The summed E-state index contributed by atoms with van der Waals surface area (Å²) in [4.78, 5) is 86.7. The maximum atomic E-state index is 13.5. The van der Waals surface area contributed by atoms with Crippen molar-refractivity contribution in [3.8, 4) is 22.3 Å². The van der Waals surface area contributed by atoms with Crippen LogP contribution in [0.4, 0.5) is 17.1 Å². The number of nitrogens with zero attached hydrogens (tertiary/aromatic N) is 3.